The van der Waals surface area contributed by atoms with Gasteiger partial charge in [0.05, 0.1) is 12.7 Å². The van der Waals surface area contributed by atoms with Gasteiger partial charge in [0.25, 0.3) is 5.91 Å². The number of nitrogens with zero attached hydrogens (tertiary/aromatic N) is 2. The molecule has 0 spiro atoms. The lowest BCUT2D eigenvalue weighted by Crippen LogP contribution is -2.49. The second-order valence-electron chi connectivity index (χ2n) is 6.48. The molecule has 1 aromatic carbocycles. The first-order valence-electron chi connectivity index (χ1n) is 8.92. The molecule has 1 aliphatic rings. The fraction of sp³-hybridized carbons (Fsp3) is 0.450. The van der Waals surface area contributed by atoms with Crippen molar-refractivity contribution in [1.29, 1.82) is 0 Å². The summed E-state index contributed by atoms with van der Waals surface area (Å²) in [5.74, 6) is 3.20. The molecule has 2 heterocycles. The predicted octanol–water partition coefficient (Wildman–Crippen LogP) is 2.74. The van der Waals surface area contributed by atoms with Crippen molar-refractivity contribution < 1.29 is 18.7 Å². The van der Waals surface area contributed by atoms with Gasteiger partial charge >= 0.3 is 0 Å². The highest BCUT2D eigenvalue weighted by Crippen LogP contribution is 2.18. The average molecular weight is 358 g/mol. The van der Waals surface area contributed by atoms with E-state index in [0.717, 1.165) is 50.0 Å². The zero-order valence-corrected chi connectivity index (χ0v) is 15.7. The number of hydrogen-bond acceptors (Lipinski definition) is 5. The molecule has 6 nitrogen and oxygen atoms in total. The summed E-state index contributed by atoms with van der Waals surface area (Å²) in [7, 11) is 1.65. The van der Waals surface area contributed by atoms with Crippen molar-refractivity contribution in [3.63, 3.8) is 0 Å². The predicted molar refractivity (Wildman–Crippen MR) is 99.0 cm³/mol. The molecular weight excluding hydrogens is 332 g/mol. The molecule has 1 amide bonds. The minimum absolute atomic E-state index is 0.0634. The molecule has 0 atom stereocenters. The molecule has 0 bridgehead atoms. The minimum atomic E-state index is 0.0634. The number of carbonyl (C=O) groups excluding carboxylic acids is 1. The Labute approximate surface area is 154 Å². The fourth-order valence-electron chi connectivity index (χ4n) is 3.15. The Morgan fingerprint density at radius 1 is 1.08 bits per heavy atom. The summed E-state index contributed by atoms with van der Waals surface area (Å²) in [6, 6.07) is 9.42. The number of methoxy groups -OCH3 is 1. The molecule has 140 valence electrons. The normalized spacial score (nSPS) is 15.1. The van der Waals surface area contributed by atoms with E-state index in [4.69, 9.17) is 13.9 Å². The number of amides is 1. The Morgan fingerprint density at radius 3 is 2.31 bits per heavy atom. The van der Waals surface area contributed by atoms with Crippen LogP contribution >= 0.6 is 0 Å². The number of hydrogen-bond donors (Lipinski definition) is 0. The van der Waals surface area contributed by atoms with E-state index >= 15 is 0 Å². The molecule has 1 saturated heterocycles. The highest BCUT2D eigenvalue weighted by atomic mass is 16.5. The van der Waals surface area contributed by atoms with Crippen molar-refractivity contribution in [3.05, 3.63) is 47.4 Å². The van der Waals surface area contributed by atoms with E-state index in [1.807, 2.05) is 49.1 Å². The van der Waals surface area contributed by atoms with E-state index in [-0.39, 0.29) is 5.91 Å². The van der Waals surface area contributed by atoms with Crippen LogP contribution in [0.4, 0.5) is 0 Å². The van der Waals surface area contributed by atoms with E-state index in [1.54, 1.807) is 7.11 Å². The molecule has 2 aromatic rings. The van der Waals surface area contributed by atoms with E-state index in [0.29, 0.717) is 17.9 Å². The molecule has 0 radical (unpaired) electrons. The SMILES string of the molecule is COc1ccc(OCCN2CCN(C(=O)c3cc(C)oc3C)CC2)cc1. The Hall–Kier alpha value is -2.47. The second kappa shape index (κ2) is 8.27. The number of furan rings is 1. The molecule has 0 aliphatic carbocycles. The lowest BCUT2D eigenvalue weighted by molar-refractivity contribution is 0.0618. The van der Waals surface area contributed by atoms with Gasteiger partial charge < -0.3 is 18.8 Å². The van der Waals surface area contributed by atoms with Crippen LogP contribution < -0.4 is 9.47 Å². The van der Waals surface area contributed by atoms with Gasteiger partial charge in [0.15, 0.2) is 0 Å². The van der Waals surface area contributed by atoms with Crippen LogP contribution in [-0.2, 0) is 0 Å². The van der Waals surface area contributed by atoms with Gasteiger partial charge in [0, 0.05) is 32.7 Å². The Morgan fingerprint density at radius 2 is 1.73 bits per heavy atom. The highest BCUT2D eigenvalue weighted by Gasteiger charge is 2.24. The van der Waals surface area contributed by atoms with Crippen molar-refractivity contribution in [2.24, 2.45) is 0 Å². The third kappa shape index (κ3) is 4.38. The molecule has 1 fully saturated rings. The first-order chi connectivity index (χ1) is 12.6. The van der Waals surface area contributed by atoms with Crippen molar-refractivity contribution in [3.8, 4) is 11.5 Å². The Balaban J connectivity index is 1.42. The number of carbonyl (C=O) groups is 1. The van der Waals surface area contributed by atoms with Crippen LogP contribution in [0.3, 0.4) is 0 Å². The average Bonchev–Trinajstić information content (AvgIpc) is 3.00. The van der Waals surface area contributed by atoms with E-state index in [9.17, 15) is 4.79 Å². The summed E-state index contributed by atoms with van der Waals surface area (Å²) in [5.41, 5.74) is 0.679. The van der Waals surface area contributed by atoms with Crippen molar-refractivity contribution in [1.82, 2.24) is 9.80 Å². The molecule has 0 N–H and O–H groups in total. The zero-order chi connectivity index (χ0) is 18.5. The van der Waals surface area contributed by atoms with Gasteiger partial charge in [0.2, 0.25) is 0 Å². The lowest BCUT2D eigenvalue weighted by Gasteiger charge is -2.34. The van der Waals surface area contributed by atoms with Gasteiger partial charge in [-0.15, -0.1) is 0 Å². The summed E-state index contributed by atoms with van der Waals surface area (Å²) in [6.07, 6.45) is 0. The monoisotopic (exact) mass is 358 g/mol. The zero-order valence-electron chi connectivity index (χ0n) is 15.7. The number of piperazine rings is 1. The summed E-state index contributed by atoms with van der Waals surface area (Å²) in [4.78, 5) is 16.8. The maximum Gasteiger partial charge on any atom is 0.257 e. The summed E-state index contributed by atoms with van der Waals surface area (Å²) in [6.45, 7) is 8.34. The first kappa shape index (κ1) is 18.3. The van der Waals surface area contributed by atoms with E-state index in [1.165, 1.54) is 0 Å². The fourth-order valence-corrected chi connectivity index (χ4v) is 3.15. The molecule has 26 heavy (non-hydrogen) atoms. The van der Waals surface area contributed by atoms with Crippen LogP contribution in [0, 0.1) is 13.8 Å². The summed E-state index contributed by atoms with van der Waals surface area (Å²) < 4.78 is 16.4. The van der Waals surface area contributed by atoms with Crippen molar-refractivity contribution >= 4 is 5.91 Å². The van der Waals surface area contributed by atoms with Gasteiger partial charge in [-0.1, -0.05) is 0 Å². The summed E-state index contributed by atoms with van der Waals surface area (Å²) >= 11 is 0. The van der Waals surface area contributed by atoms with Gasteiger partial charge in [-0.3, -0.25) is 9.69 Å². The molecule has 0 saturated carbocycles. The van der Waals surface area contributed by atoms with Crippen molar-refractivity contribution in [2.75, 3.05) is 46.4 Å². The topological polar surface area (TPSA) is 55.2 Å². The molecule has 1 aromatic heterocycles. The van der Waals surface area contributed by atoms with Crippen LogP contribution in [0.15, 0.2) is 34.7 Å². The molecule has 3 rings (SSSR count). The van der Waals surface area contributed by atoms with Crippen molar-refractivity contribution in [2.45, 2.75) is 13.8 Å². The Bertz CT molecular complexity index is 731. The van der Waals surface area contributed by atoms with Gasteiger partial charge in [0.1, 0.15) is 29.6 Å². The van der Waals surface area contributed by atoms with Crippen LogP contribution in [0.25, 0.3) is 0 Å². The van der Waals surface area contributed by atoms with Crippen LogP contribution in [-0.4, -0.2) is 62.1 Å². The summed E-state index contributed by atoms with van der Waals surface area (Å²) in [5, 5.41) is 0. The number of aryl methyl sites for hydroxylation is 2. The number of rotatable bonds is 6. The first-order valence-corrected chi connectivity index (χ1v) is 8.92. The smallest absolute Gasteiger partial charge is 0.257 e. The van der Waals surface area contributed by atoms with Crippen LogP contribution in [0.5, 0.6) is 11.5 Å². The second-order valence-corrected chi connectivity index (χ2v) is 6.48. The largest absolute Gasteiger partial charge is 0.497 e. The highest BCUT2D eigenvalue weighted by molar-refractivity contribution is 5.95. The molecule has 6 heteroatoms. The van der Waals surface area contributed by atoms with E-state index < -0.39 is 0 Å². The van der Waals surface area contributed by atoms with Gasteiger partial charge in [-0.25, -0.2) is 0 Å². The van der Waals surface area contributed by atoms with Crippen LogP contribution in [0.1, 0.15) is 21.9 Å². The maximum atomic E-state index is 12.6. The maximum absolute atomic E-state index is 12.6. The molecular formula is C20H26N2O4. The van der Waals surface area contributed by atoms with Crippen LogP contribution in [0.2, 0.25) is 0 Å². The minimum Gasteiger partial charge on any atom is -0.497 e. The third-order valence-electron chi connectivity index (χ3n) is 4.67. The third-order valence-corrected chi connectivity index (χ3v) is 4.67. The standard InChI is InChI=1S/C20H26N2O4/c1-15-14-19(16(2)26-15)20(23)22-10-8-21(9-11-22)12-13-25-18-6-4-17(24-3)5-7-18/h4-7,14H,8-13H2,1-3H3. The Kier molecular flexibility index (Phi) is 5.83. The van der Waals surface area contributed by atoms with Gasteiger partial charge in [-0.05, 0) is 44.2 Å². The number of benzene rings is 1. The van der Waals surface area contributed by atoms with Gasteiger partial charge in [-0.2, -0.15) is 0 Å². The molecule has 1 aliphatic heterocycles. The van der Waals surface area contributed by atoms with E-state index in [2.05, 4.69) is 4.90 Å². The quantitative estimate of drug-likeness (QED) is 0.795. The molecule has 0 unspecified atom stereocenters. The lowest BCUT2D eigenvalue weighted by atomic mass is 10.2. The number of ether oxygens (including phenoxy) is 2.